The van der Waals surface area contributed by atoms with Gasteiger partial charge in [-0.05, 0) is 26.0 Å². The lowest BCUT2D eigenvalue weighted by molar-refractivity contribution is -0.0582. The molecule has 0 unspecified atom stereocenters. The van der Waals surface area contributed by atoms with Gasteiger partial charge in [0.15, 0.2) is 0 Å². The first-order valence-corrected chi connectivity index (χ1v) is 7.24. The predicted octanol–water partition coefficient (Wildman–Crippen LogP) is 1.02. The van der Waals surface area contributed by atoms with E-state index in [1.54, 1.807) is 12.3 Å². The monoisotopic (exact) mass is 275 g/mol. The first kappa shape index (κ1) is 13.5. The molecule has 0 spiro atoms. The summed E-state index contributed by atoms with van der Waals surface area (Å²) in [6.45, 7) is 7.51. The molecule has 0 saturated carbocycles. The van der Waals surface area contributed by atoms with Crippen molar-refractivity contribution in [1.29, 1.82) is 0 Å². The fourth-order valence-corrected chi connectivity index (χ4v) is 3.17. The van der Waals surface area contributed by atoms with E-state index in [9.17, 15) is 4.79 Å². The van der Waals surface area contributed by atoms with Gasteiger partial charge in [0.1, 0.15) is 5.69 Å². The van der Waals surface area contributed by atoms with Gasteiger partial charge in [0.2, 0.25) is 0 Å². The van der Waals surface area contributed by atoms with E-state index in [2.05, 4.69) is 23.7 Å². The minimum absolute atomic E-state index is 0.00676. The average molecular weight is 275 g/mol. The number of ether oxygens (including phenoxy) is 1. The summed E-state index contributed by atoms with van der Waals surface area (Å²) < 4.78 is 5.84. The van der Waals surface area contributed by atoms with Crippen molar-refractivity contribution in [1.82, 2.24) is 14.8 Å². The van der Waals surface area contributed by atoms with E-state index in [-0.39, 0.29) is 12.0 Å². The second kappa shape index (κ2) is 5.50. The molecule has 5 nitrogen and oxygen atoms in total. The zero-order valence-corrected chi connectivity index (χ0v) is 12.0. The third-order valence-corrected chi connectivity index (χ3v) is 4.18. The predicted molar refractivity (Wildman–Crippen MR) is 75.5 cm³/mol. The van der Waals surface area contributed by atoms with E-state index in [0.29, 0.717) is 24.3 Å². The van der Waals surface area contributed by atoms with E-state index < -0.39 is 0 Å². The van der Waals surface area contributed by atoms with Crippen LogP contribution in [0.15, 0.2) is 24.4 Å². The van der Waals surface area contributed by atoms with Crippen LogP contribution in [-0.4, -0.2) is 65.1 Å². The first-order valence-electron chi connectivity index (χ1n) is 7.24. The minimum Gasteiger partial charge on any atom is -0.373 e. The lowest BCUT2D eigenvalue weighted by atomic mass is 10.1. The highest BCUT2D eigenvalue weighted by Gasteiger charge is 2.42. The zero-order valence-electron chi connectivity index (χ0n) is 12.0. The van der Waals surface area contributed by atoms with Crippen molar-refractivity contribution in [2.24, 2.45) is 0 Å². The molecule has 108 valence electrons. The van der Waals surface area contributed by atoms with Gasteiger partial charge >= 0.3 is 0 Å². The molecule has 1 amide bonds. The number of amides is 1. The van der Waals surface area contributed by atoms with Crippen molar-refractivity contribution in [3.63, 3.8) is 0 Å². The summed E-state index contributed by atoms with van der Waals surface area (Å²) in [7, 11) is 0. The summed E-state index contributed by atoms with van der Waals surface area (Å²) >= 11 is 0. The molecule has 0 aromatic carbocycles. The second-order valence-electron chi connectivity index (χ2n) is 5.73. The van der Waals surface area contributed by atoms with Gasteiger partial charge < -0.3 is 9.64 Å². The van der Waals surface area contributed by atoms with Gasteiger partial charge in [-0.3, -0.25) is 14.7 Å². The topological polar surface area (TPSA) is 45.7 Å². The van der Waals surface area contributed by atoms with Gasteiger partial charge in [0.25, 0.3) is 5.91 Å². The van der Waals surface area contributed by atoms with Crippen LogP contribution in [0.1, 0.15) is 24.3 Å². The number of aromatic nitrogens is 1. The van der Waals surface area contributed by atoms with Gasteiger partial charge in [-0.1, -0.05) is 6.07 Å². The fraction of sp³-hybridized carbons (Fsp3) is 0.600. The number of carbonyl (C=O) groups is 1. The van der Waals surface area contributed by atoms with E-state index in [0.717, 1.165) is 19.7 Å². The van der Waals surface area contributed by atoms with E-state index in [1.807, 2.05) is 17.0 Å². The van der Waals surface area contributed by atoms with Crippen LogP contribution in [0.5, 0.6) is 0 Å². The molecule has 5 heteroatoms. The van der Waals surface area contributed by atoms with Crippen molar-refractivity contribution >= 4 is 5.91 Å². The van der Waals surface area contributed by atoms with Crippen molar-refractivity contribution < 1.29 is 9.53 Å². The van der Waals surface area contributed by atoms with Crippen LogP contribution in [-0.2, 0) is 4.74 Å². The summed E-state index contributed by atoms with van der Waals surface area (Å²) in [4.78, 5) is 20.9. The molecule has 0 bridgehead atoms. The maximum Gasteiger partial charge on any atom is 0.272 e. The maximum absolute atomic E-state index is 12.5. The number of fused-ring (bicyclic) bond motifs is 1. The van der Waals surface area contributed by atoms with Crippen LogP contribution in [0.2, 0.25) is 0 Å². The molecule has 1 aromatic heterocycles. The summed E-state index contributed by atoms with van der Waals surface area (Å²) in [5.41, 5.74) is 0.516. The highest BCUT2D eigenvalue weighted by molar-refractivity contribution is 5.92. The molecule has 1 aromatic rings. The Morgan fingerprint density at radius 3 is 2.95 bits per heavy atom. The molecule has 2 fully saturated rings. The lowest BCUT2D eigenvalue weighted by Crippen LogP contribution is -2.53. The smallest absolute Gasteiger partial charge is 0.272 e. The Morgan fingerprint density at radius 2 is 2.25 bits per heavy atom. The third kappa shape index (κ3) is 2.43. The number of morpholine rings is 1. The maximum atomic E-state index is 12.5. The van der Waals surface area contributed by atoms with Crippen LogP contribution in [0, 0.1) is 0 Å². The van der Waals surface area contributed by atoms with Crippen LogP contribution in [0.4, 0.5) is 0 Å². The molecule has 0 aliphatic carbocycles. The first-order chi connectivity index (χ1) is 9.66. The molecule has 3 heterocycles. The number of hydrogen-bond acceptors (Lipinski definition) is 4. The molecule has 2 aliphatic rings. The normalized spacial score (nSPS) is 26.9. The van der Waals surface area contributed by atoms with Crippen molar-refractivity contribution in [2.45, 2.75) is 32.0 Å². The Hall–Kier alpha value is -1.46. The van der Waals surface area contributed by atoms with Gasteiger partial charge in [-0.2, -0.15) is 0 Å². The van der Waals surface area contributed by atoms with Gasteiger partial charge in [-0.15, -0.1) is 0 Å². The van der Waals surface area contributed by atoms with Crippen molar-refractivity contribution in [3.05, 3.63) is 30.1 Å². The zero-order chi connectivity index (χ0) is 14.1. The van der Waals surface area contributed by atoms with Gasteiger partial charge in [0.05, 0.1) is 18.8 Å². The number of rotatable bonds is 2. The molecule has 0 radical (unpaired) electrons. The summed E-state index contributed by atoms with van der Waals surface area (Å²) in [5, 5.41) is 0. The Morgan fingerprint density at radius 1 is 1.40 bits per heavy atom. The van der Waals surface area contributed by atoms with Crippen LogP contribution in [0.25, 0.3) is 0 Å². The average Bonchev–Trinajstić information content (AvgIpc) is 2.90. The highest BCUT2D eigenvalue weighted by Crippen LogP contribution is 2.25. The quantitative estimate of drug-likeness (QED) is 0.808. The molecule has 2 atom stereocenters. The second-order valence-corrected chi connectivity index (χ2v) is 5.73. The number of carbonyl (C=O) groups excluding carboxylic acids is 1. The summed E-state index contributed by atoms with van der Waals surface area (Å²) in [6, 6.07) is 6.24. The van der Waals surface area contributed by atoms with Gasteiger partial charge in [0, 0.05) is 31.9 Å². The van der Waals surface area contributed by atoms with Crippen molar-refractivity contribution in [2.75, 3.05) is 26.2 Å². The fourth-order valence-electron chi connectivity index (χ4n) is 3.17. The molecular weight excluding hydrogens is 254 g/mol. The van der Waals surface area contributed by atoms with Gasteiger partial charge in [-0.25, -0.2) is 0 Å². The number of hydrogen-bond donors (Lipinski definition) is 0. The molecule has 20 heavy (non-hydrogen) atoms. The molecule has 2 aliphatic heterocycles. The Bertz CT molecular complexity index is 477. The number of nitrogens with zero attached hydrogens (tertiary/aromatic N) is 3. The number of likely N-dealkylation sites (tertiary alicyclic amines) is 1. The van der Waals surface area contributed by atoms with E-state index in [4.69, 9.17) is 4.74 Å². The Labute approximate surface area is 119 Å². The van der Waals surface area contributed by atoms with E-state index >= 15 is 0 Å². The standard InChI is InChI=1S/C15H21N3O2/c1-11(2)18-7-8-20-14-10-17(9-13(14)18)15(19)12-5-3-4-6-16-12/h3-6,11,13-14H,7-10H2,1-2H3/t13-,14-/m0/s1. The molecule has 0 N–H and O–H groups in total. The lowest BCUT2D eigenvalue weighted by Gasteiger charge is -2.39. The van der Waals surface area contributed by atoms with E-state index in [1.165, 1.54) is 0 Å². The van der Waals surface area contributed by atoms with Crippen LogP contribution < -0.4 is 0 Å². The van der Waals surface area contributed by atoms with Crippen molar-refractivity contribution in [3.8, 4) is 0 Å². The van der Waals surface area contributed by atoms with Crippen LogP contribution >= 0.6 is 0 Å². The highest BCUT2D eigenvalue weighted by atomic mass is 16.5. The number of pyridine rings is 1. The van der Waals surface area contributed by atoms with Crippen LogP contribution in [0.3, 0.4) is 0 Å². The SMILES string of the molecule is CC(C)N1CCO[C@H]2CN(C(=O)c3ccccn3)C[C@@H]21. The molecule has 3 rings (SSSR count). The minimum atomic E-state index is 0.00676. The Kier molecular flexibility index (Phi) is 3.72. The summed E-state index contributed by atoms with van der Waals surface area (Å²) in [5.74, 6) is 0.00676. The third-order valence-electron chi connectivity index (χ3n) is 4.18. The summed E-state index contributed by atoms with van der Waals surface area (Å²) in [6.07, 6.45) is 1.80. The molecule has 2 saturated heterocycles. The molecular formula is C15H21N3O2. The largest absolute Gasteiger partial charge is 0.373 e. The Balaban J connectivity index is 1.74.